The molecule has 0 aliphatic heterocycles. The van der Waals surface area contributed by atoms with Crippen molar-refractivity contribution >= 4 is 46.9 Å². The maximum absolute atomic E-state index is 12.7. The topological polar surface area (TPSA) is 59.9 Å². The maximum Gasteiger partial charge on any atom is 0.275 e. The highest BCUT2D eigenvalue weighted by atomic mass is 35.5. The van der Waals surface area contributed by atoms with Crippen molar-refractivity contribution < 1.29 is 14.3 Å². The molecule has 0 fully saturated rings. The summed E-state index contributed by atoms with van der Waals surface area (Å²) in [6.07, 6.45) is 1.55. The van der Waals surface area contributed by atoms with E-state index in [1.165, 1.54) is 0 Å². The van der Waals surface area contributed by atoms with Crippen LogP contribution in [0.3, 0.4) is 0 Å². The molecule has 0 heterocycles. The van der Waals surface area contributed by atoms with Crippen molar-refractivity contribution in [3.63, 3.8) is 0 Å². The van der Waals surface area contributed by atoms with Crippen molar-refractivity contribution in [2.75, 3.05) is 0 Å². The third-order valence-electron chi connectivity index (χ3n) is 5.14. The molecule has 0 atom stereocenters. The van der Waals surface area contributed by atoms with Crippen molar-refractivity contribution in [3.8, 4) is 11.5 Å². The molecular weight excluding hydrogens is 519 g/mol. The maximum atomic E-state index is 12.7. The normalized spacial score (nSPS) is 10.9. The number of halogens is 3. The smallest absolute Gasteiger partial charge is 0.275 e. The fraction of sp³-hybridized carbons (Fsp3) is 0.0714. The Labute approximate surface area is 224 Å². The Morgan fingerprint density at radius 2 is 1.47 bits per heavy atom. The van der Waals surface area contributed by atoms with Gasteiger partial charge < -0.3 is 9.47 Å². The van der Waals surface area contributed by atoms with Gasteiger partial charge in [-0.2, -0.15) is 5.10 Å². The summed E-state index contributed by atoms with van der Waals surface area (Å²) >= 11 is 18.3. The number of rotatable bonds is 9. The molecule has 0 radical (unpaired) electrons. The molecule has 4 aromatic carbocycles. The first-order valence-electron chi connectivity index (χ1n) is 10.9. The van der Waals surface area contributed by atoms with E-state index in [0.717, 1.165) is 16.7 Å². The molecule has 182 valence electrons. The number of hydrazone groups is 1. The van der Waals surface area contributed by atoms with Gasteiger partial charge in [-0.1, -0.05) is 71.2 Å². The van der Waals surface area contributed by atoms with Gasteiger partial charge in [0.25, 0.3) is 5.91 Å². The van der Waals surface area contributed by atoms with Crippen molar-refractivity contribution in [2.45, 2.75) is 13.2 Å². The number of carbonyl (C=O) groups is 1. The molecule has 0 saturated carbocycles. The zero-order valence-corrected chi connectivity index (χ0v) is 21.2. The first-order valence-corrected chi connectivity index (χ1v) is 12.1. The van der Waals surface area contributed by atoms with Crippen LogP contribution in [0.15, 0.2) is 96.1 Å². The molecule has 0 spiro atoms. The Balaban J connectivity index is 1.32. The summed E-state index contributed by atoms with van der Waals surface area (Å²) in [7, 11) is 0. The molecule has 8 heteroatoms. The molecule has 0 saturated heterocycles. The van der Waals surface area contributed by atoms with Crippen LogP contribution in [0.4, 0.5) is 0 Å². The number of ether oxygens (including phenoxy) is 2. The summed E-state index contributed by atoms with van der Waals surface area (Å²) in [6, 6.07) is 26.9. The zero-order valence-electron chi connectivity index (χ0n) is 19.0. The van der Waals surface area contributed by atoms with Gasteiger partial charge in [0.1, 0.15) is 24.7 Å². The number of carbonyl (C=O) groups excluding carboxylic acids is 1. The molecule has 0 bridgehead atoms. The first kappa shape index (κ1) is 25.6. The largest absolute Gasteiger partial charge is 0.489 e. The van der Waals surface area contributed by atoms with Gasteiger partial charge in [-0.05, 0) is 60.2 Å². The number of para-hydroxylation sites is 1. The highest BCUT2D eigenvalue weighted by Crippen LogP contribution is 2.24. The van der Waals surface area contributed by atoms with E-state index in [0.29, 0.717) is 38.7 Å². The van der Waals surface area contributed by atoms with Gasteiger partial charge in [-0.3, -0.25) is 4.79 Å². The van der Waals surface area contributed by atoms with Gasteiger partial charge in [-0.15, -0.1) is 0 Å². The number of hydrogen-bond acceptors (Lipinski definition) is 4. The van der Waals surface area contributed by atoms with Crippen LogP contribution in [0.2, 0.25) is 15.1 Å². The van der Waals surface area contributed by atoms with Crippen LogP contribution >= 0.6 is 34.8 Å². The van der Waals surface area contributed by atoms with Gasteiger partial charge in [0.15, 0.2) is 0 Å². The van der Waals surface area contributed by atoms with E-state index in [4.69, 9.17) is 44.3 Å². The lowest BCUT2D eigenvalue weighted by Crippen LogP contribution is -2.18. The van der Waals surface area contributed by atoms with Crippen LogP contribution in [-0.4, -0.2) is 12.1 Å². The average Bonchev–Trinajstić information content (AvgIpc) is 2.88. The fourth-order valence-electron chi connectivity index (χ4n) is 3.23. The fourth-order valence-corrected chi connectivity index (χ4v) is 3.88. The summed E-state index contributed by atoms with van der Waals surface area (Å²) < 4.78 is 11.6. The second-order valence-corrected chi connectivity index (χ2v) is 8.92. The number of nitrogens with one attached hydrogen (secondary N) is 1. The molecule has 0 aromatic heterocycles. The molecule has 4 aromatic rings. The lowest BCUT2D eigenvalue weighted by atomic mass is 10.2. The van der Waals surface area contributed by atoms with Crippen LogP contribution < -0.4 is 14.9 Å². The molecule has 5 nitrogen and oxygen atoms in total. The Hall–Kier alpha value is -3.51. The van der Waals surface area contributed by atoms with Gasteiger partial charge in [0.2, 0.25) is 0 Å². The molecule has 0 unspecified atom stereocenters. The second kappa shape index (κ2) is 12.5. The molecular formula is C28H21Cl3N2O3. The third kappa shape index (κ3) is 7.01. The van der Waals surface area contributed by atoms with Crippen LogP contribution in [0, 0.1) is 0 Å². The molecule has 1 N–H and O–H groups in total. The van der Waals surface area contributed by atoms with E-state index in [1.54, 1.807) is 48.7 Å². The summed E-state index contributed by atoms with van der Waals surface area (Å²) in [5, 5.41) is 5.76. The van der Waals surface area contributed by atoms with Crippen molar-refractivity contribution in [3.05, 3.63) is 128 Å². The van der Waals surface area contributed by atoms with Gasteiger partial charge in [-0.25, -0.2) is 5.43 Å². The Bertz CT molecular complexity index is 1370. The monoisotopic (exact) mass is 538 g/mol. The number of benzene rings is 4. The molecule has 0 aliphatic rings. The van der Waals surface area contributed by atoms with E-state index in [1.807, 2.05) is 48.5 Å². The van der Waals surface area contributed by atoms with E-state index in [9.17, 15) is 4.79 Å². The SMILES string of the molecule is O=C(N/N=C/c1ccc(OCc2ccccc2Cl)cc1)c1ccccc1OCc1ccc(Cl)cc1Cl. The highest BCUT2D eigenvalue weighted by molar-refractivity contribution is 6.35. The molecule has 1 amide bonds. The molecule has 0 aliphatic carbocycles. The molecule has 36 heavy (non-hydrogen) atoms. The summed E-state index contributed by atoms with van der Waals surface area (Å²) in [5.41, 5.74) is 5.35. The van der Waals surface area contributed by atoms with Crippen LogP contribution in [0.5, 0.6) is 11.5 Å². The van der Waals surface area contributed by atoms with Gasteiger partial charge in [0, 0.05) is 26.2 Å². The number of hydrogen-bond donors (Lipinski definition) is 1. The minimum Gasteiger partial charge on any atom is -0.489 e. The predicted molar refractivity (Wildman–Crippen MR) is 145 cm³/mol. The summed E-state index contributed by atoms with van der Waals surface area (Å²) in [4.78, 5) is 12.7. The minimum atomic E-state index is -0.399. The van der Waals surface area contributed by atoms with Crippen molar-refractivity contribution in [2.24, 2.45) is 5.10 Å². The highest BCUT2D eigenvalue weighted by Gasteiger charge is 2.12. The van der Waals surface area contributed by atoms with Crippen LogP contribution in [0.1, 0.15) is 27.0 Å². The lowest BCUT2D eigenvalue weighted by molar-refractivity contribution is 0.0950. The quantitative estimate of drug-likeness (QED) is 0.176. The van der Waals surface area contributed by atoms with E-state index in [2.05, 4.69) is 10.5 Å². The summed E-state index contributed by atoms with van der Waals surface area (Å²) in [5.74, 6) is 0.711. The van der Waals surface area contributed by atoms with E-state index < -0.39 is 5.91 Å². The van der Waals surface area contributed by atoms with Crippen molar-refractivity contribution in [1.29, 1.82) is 0 Å². The van der Waals surface area contributed by atoms with Gasteiger partial charge >= 0.3 is 0 Å². The van der Waals surface area contributed by atoms with E-state index in [-0.39, 0.29) is 6.61 Å². The zero-order chi connectivity index (χ0) is 25.3. The van der Waals surface area contributed by atoms with Crippen molar-refractivity contribution in [1.82, 2.24) is 5.43 Å². The number of amides is 1. The Kier molecular flexibility index (Phi) is 8.85. The summed E-state index contributed by atoms with van der Waals surface area (Å²) in [6.45, 7) is 0.559. The lowest BCUT2D eigenvalue weighted by Gasteiger charge is -2.11. The van der Waals surface area contributed by atoms with E-state index >= 15 is 0 Å². The predicted octanol–water partition coefficient (Wildman–Crippen LogP) is 7.57. The number of nitrogens with zero attached hydrogens (tertiary/aromatic N) is 1. The molecule has 4 rings (SSSR count). The average molecular weight is 540 g/mol. The second-order valence-electron chi connectivity index (χ2n) is 7.67. The Morgan fingerprint density at radius 3 is 2.25 bits per heavy atom. The van der Waals surface area contributed by atoms with Crippen LogP contribution in [0.25, 0.3) is 0 Å². The first-order chi connectivity index (χ1) is 17.5. The van der Waals surface area contributed by atoms with Gasteiger partial charge in [0.05, 0.1) is 11.8 Å². The third-order valence-corrected chi connectivity index (χ3v) is 6.10. The standard InChI is InChI=1S/C28H21Cl3N2O3/c29-22-12-11-21(26(31)15-22)18-36-27-8-4-2-6-24(27)28(34)33-32-16-19-9-13-23(14-10-19)35-17-20-5-1-3-7-25(20)30/h1-16H,17-18H2,(H,33,34)/b32-16+. The van der Waals surface area contributed by atoms with Crippen LogP contribution in [-0.2, 0) is 13.2 Å². The minimum absolute atomic E-state index is 0.189. The Morgan fingerprint density at radius 1 is 0.778 bits per heavy atom.